The second kappa shape index (κ2) is 8.60. The quantitative estimate of drug-likeness (QED) is 0.677. The Morgan fingerprint density at radius 1 is 0.926 bits per heavy atom. The molecule has 2 amide bonds. The van der Waals surface area contributed by atoms with Crippen molar-refractivity contribution in [3.8, 4) is 0 Å². The van der Waals surface area contributed by atoms with Crippen LogP contribution in [0.1, 0.15) is 22.4 Å². The minimum absolute atomic E-state index is 0.123. The van der Waals surface area contributed by atoms with E-state index >= 15 is 0 Å². The molecule has 0 aliphatic heterocycles. The van der Waals surface area contributed by atoms with Gasteiger partial charge < -0.3 is 10.6 Å². The van der Waals surface area contributed by atoms with E-state index in [4.69, 9.17) is 0 Å². The predicted octanol–water partition coefficient (Wildman–Crippen LogP) is 4.12. The van der Waals surface area contributed by atoms with Gasteiger partial charge in [0, 0.05) is 11.1 Å². The number of nitrogens with one attached hydrogen (secondary N) is 2. The van der Waals surface area contributed by atoms with Gasteiger partial charge in [-0.05, 0) is 42.7 Å². The fourth-order valence-corrected chi connectivity index (χ4v) is 3.53. The van der Waals surface area contributed by atoms with Crippen molar-refractivity contribution in [1.82, 2.24) is 4.98 Å². The van der Waals surface area contributed by atoms with Crippen LogP contribution < -0.4 is 10.6 Å². The van der Waals surface area contributed by atoms with Gasteiger partial charge in [0.25, 0.3) is 0 Å². The van der Waals surface area contributed by atoms with Crippen LogP contribution >= 0.6 is 11.3 Å². The smallest absolute Gasteiger partial charge is 0.230 e. The first-order chi connectivity index (χ1) is 13.0. The molecule has 0 spiro atoms. The number of hydrogen-bond acceptors (Lipinski definition) is 4. The Hall–Kier alpha value is -2.99. The highest BCUT2D eigenvalue weighted by atomic mass is 32.1. The highest BCUT2D eigenvalue weighted by Gasteiger charge is 2.11. The highest BCUT2D eigenvalue weighted by Crippen LogP contribution is 2.18. The minimum Gasteiger partial charge on any atom is -0.326 e. The number of carbonyl (C=O) groups excluding carboxylic acids is 2. The van der Waals surface area contributed by atoms with Crippen molar-refractivity contribution in [3.63, 3.8) is 0 Å². The highest BCUT2D eigenvalue weighted by molar-refractivity contribution is 7.13. The lowest BCUT2D eigenvalue weighted by Gasteiger charge is -2.06. The Kier molecular flexibility index (Phi) is 5.98. The van der Waals surface area contributed by atoms with Crippen LogP contribution in [-0.4, -0.2) is 16.8 Å². The first-order valence-electron chi connectivity index (χ1n) is 8.64. The van der Waals surface area contributed by atoms with E-state index < -0.39 is 0 Å². The molecule has 0 saturated heterocycles. The Bertz CT molecular complexity index is 931. The molecule has 3 rings (SSSR count). The van der Waals surface area contributed by atoms with Crippen molar-refractivity contribution in [1.29, 1.82) is 0 Å². The molecule has 27 heavy (non-hydrogen) atoms. The minimum atomic E-state index is -0.132. The monoisotopic (exact) mass is 379 g/mol. The van der Waals surface area contributed by atoms with Crippen molar-refractivity contribution in [2.45, 2.75) is 26.7 Å². The van der Waals surface area contributed by atoms with Crippen molar-refractivity contribution >= 4 is 34.0 Å². The third-order valence-corrected chi connectivity index (χ3v) is 4.66. The number of benzene rings is 2. The topological polar surface area (TPSA) is 71.1 Å². The first kappa shape index (κ1) is 18.8. The summed E-state index contributed by atoms with van der Waals surface area (Å²) in [5.41, 5.74) is 4.56. The molecule has 2 aromatic carbocycles. The Morgan fingerprint density at radius 3 is 2.30 bits per heavy atom. The van der Waals surface area contributed by atoms with Gasteiger partial charge in [-0.3, -0.25) is 9.59 Å². The molecule has 1 aromatic heterocycles. The van der Waals surface area contributed by atoms with E-state index in [0.717, 1.165) is 22.4 Å². The predicted molar refractivity (Wildman–Crippen MR) is 109 cm³/mol. The van der Waals surface area contributed by atoms with Gasteiger partial charge in [0.2, 0.25) is 11.8 Å². The molecule has 138 valence electrons. The zero-order chi connectivity index (χ0) is 19.2. The van der Waals surface area contributed by atoms with Gasteiger partial charge in [0.1, 0.15) is 0 Å². The fourth-order valence-electron chi connectivity index (χ4n) is 2.81. The lowest BCUT2D eigenvalue weighted by atomic mass is 10.1. The average Bonchev–Trinajstić information content (AvgIpc) is 3.01. The van der Waals surface area contributed by atoms with E-state index in [2.05, 4.69) is 21.7 Å². The van der Waals surface area contributed by atoms with E-state index in [1.54, 1.807) is 5.38 Å². The van der Waals surface area contributed by atoms with Crippen LogP contribution in [0.3, 0.4) is 0 Å². The van der Waals surface area contributed by atoms with Crippen LogP contribution in [-0.2, 0) is 22.4 Å². The lowest BCUT2D eigenvalue weighted by Crippen LogP contribution is -2.16. The number of thiazole rings is 1. The molecule has 0 radical (unpaired) electrons. The molecule has 6 heteroatoms. The van der Waals surface area contributed by atoms with Crippen molar-refractivity contribution in [2.75, 3.05) is 10.6 Å². The molecule has 0 atom stereocenters. The van der Waals surface area contributed by atoms with Crippen LogP contribution in [0.25, 0.3) is 0 Å². The lowest BCUT2D eigenvalue weighted by molar-refractivity contribution is -0.116. The van der Waals surface area contributed by atoms with Gasteiger partial charge in [-0.1, -0.05) is 36.4 Å². The van der Waals surface area contributed by atoms with Crippen LogP contribution in [0.2, 0.25) is 0 Å². The third kappa shape index (κ3) is 5.76. The molecular formula is C21H21N3O2S. The van der Waals surface area contributed by atoms with E-state index in [0.29, 0.717) is 17.2 Å². The maximum absolute atomic E-state index is 12.2. The van der Waals surface area contributed by atoms with Gasteiger partial charge in [-0.2, -0.15) is 0 Å². The van der Waals surface area contributed by atoms with E-state index in [1.165, 1.54) is 11.3 Å². The largest absolute Gasteiger partial charge is 0.326 e. The number of carbonyl (C=O) groups is 2. The van der Waals surface area contributed by atoms with Gasteiger partial charge in [-0.25, -0.2) is 4.98 Å². The average molecular weight is 379 g/mol. The van der Waals surface area contributed by atoms with Crippen LogP contribution in [0.4, 0.5) is 10.8 Å². The van der Waals surface area contributed by atoms with Gasteiger partial charge in [0.15, 0.2) is 5.13 Å². The molecular weight excluding hydrogens is 358 g/mol. The van der Waals surface area contributed by atoms with E-state index in [-0.39, 0.29) is 18.2 Å². The Labute approximate surface area is 162 Å². The zero-order valence-electron chi connectivity index (χ0n) is 15.3. The zero-order valence-corrected chi connectivity index (χ0v) is 16.1. The molecule has 0 aliphatic rings. The fraction of sp³-hybridized carbons (Fsp3) is 0.190. The van der Waals surface area contributed by atoms with Crippen molar-refractivity contribution in [2.24, 2.45) is 0 Å². The maximum Gasteiger partial charge on any atom is 0.230 e. The summed E-state index contributed by atoms with van der Waals surface area (Å²) in [6, 6.07) is 15.5. The second-order valence-corrected chi connectivity index (χ2v) is 7.31. The standard InChI is InChI=1S/C21H21N3O2S/c1-14-8-15(2)10-17(9-14)22-20(26)12-18-13-27-21(23-18)24-19(25)11-16-6-4-3-5-7-16/h3-10,13H,11-12H2,1-2H3,(H,22,26)(H,23,24,25). The normalized spacial score (nSPS) is 10.4. The summed E-state index contributed by atoms with van der Waals surface area (Å²) in [4.78, 5) is 28.7. The molecule has 0 aliphatic carbocycles. The maximum atomic E-state index is 12.2. The summed E-state index contributed by atoms with van der Waals surface area (Å²) in [7, 11) is 0. The van der Waals surface area contributed by atoms with Crippen LogP contribution in [0.5, 0.6) is 0 Å². The first-order valence-corrected chi connectivity index (χ1v) is 9.52. The molecule has 1 heterocycles. The van der Waals surface area contributed by atoms with Crippen molar-refractivity contribution < 1.29 is 9.59 Å². The molecule has 2 N–H and O–H groups in total. The van der Waals surface area contributed by atoms with Crippen LogP contribution in [0.15, 0.2) is 53.9 Å². The van der Waals surface area contributed by atoms with Crippen molar-refractivity contribution in [3.05, 3.63) is 76.3 Å². The third-order valence-electron chi connectivity index (χ3n) is 3.85. The number of amides is 2. The summed E-state index contributed by atoms with van der Waals surface area (Å²) in [5.74, 6) is -0.255. The van der Waals surface area contributed by atoms with E-state index in [9.17, 15) is 9.59 Å². The molecule has 5 nitrogen and oxygen atoms in total. The number of nitrogens with zero attached hydrogens (tertiary/aromatic N) is 1. The number of rotatable bonds is 6. The van der Waals surface area contributed by atoms with Gasteiger partial charge >= 0.3 is 0 Å². The number of hydrogen-bond donors (Lipinski definition) is 2. The summed E-state index contributed by atoms with van der Waals surface area (Å²) in [5, 5.41) is 7.97. The number of aromatic nitrogens is 1. The summed E-state index contributed by atoms with van der Waals surface area (Å²) >= 11 is 1.32. The van der Waals surface area contributed by atoms with Gasteiger partial charge in [-0.15, -0.1) is 11.3 Å². The second-order valence-electron chi connectivity index (χ2n) is 6.46. The SMILES string of the molecule is Cc1cc(C)cc(NC(=O)Cc2csc(NC(=O)Cc3ccccc3)n2)c1. The molecule has 0 bridgehead atoms. The molecule has 0 fully saturated rings. The molecule has 0 unspecified atom stereocenters. The van der Waals surface area contributed by atoms with Crippen LogP contribution in [0, 0.1) is 13.8 Å². The number of aryl methyl sites for hydroxylation is 2. The molecule has 3 aromatic rings. The Morgan fingerprint density at radius 2 is 1.59 bits per heavy atom. The Balaban J connectivity index is 1.54. The summed E-state index contributed by atoms with van der Waals surface area (Å²) in [6.45, 7) is 3.99. The molecule has 0 saturated carbocycles. The summed E-state index contributed by atoms with van der Waals surface area (Å²) < 4.78 is 0. The number of anilines is 2. The summed E-state index contributed by atoms with van der Waals surface area (Å²) in [6.07, 6.45) is 0.459. The van der Waals surface area contributed by atoms with Gasteiger partial charge in [0.05, 0.1) is 18.5 Å². The van der Waals surface area contributed by atoms with E-state index in [1.807, 2.05) is 56.3 Å².